The molecule has 0 saturated carbocycles. The van der Waals surface area contributed by atoms with Crippen LogP contribution < -0.4 is 0 Å². The second-order valence-electron chi connectivity index (χ2n) is 4.03. The molecule has 0 aliphatic heterocycles. The van der Waals surface area contributed by atoms with E-state index in [2.05, 4.69) is 0 Å². The second-order valence-corrected chi connectivity index (χ2v) is 4.03. The lowest BCUT2D eigenvalue weighted by Gasteiger charge is -2.11. The maximum Gasteiger partial charge on any atom is 0.417 e. The minimum Gasteiger partial charge on any atom is -0.507 e. The number of aromatic hydroxyl groups is 1. The molecule has 0 bridgehead atoms. The Balaban J connectivity index is 2.63. The first-order valence-corrected chi connectivity index (χ1v) is 5.43. The van der Waals surface area contributed by atoms with Crippen molar-refractivity contribution in [1.82, 2.24) is 0 Å². The van der Waals surface area contributed by atoms with Crippen LogP contribution in [0.25, 0.3) is 11.1 Å². The molecule has 20 heavy (non-hydrogen) atoms. The molecule has 0 aromatic heterocycles. The Bertz CT molecular complexity index is 701. The maximum absolute atomic E-state index is 12.9. The number of phenolic OH excluding ortho intramolecular Hbond substituents is 1. The van der Waals surface area contributed by atoms with Gasteiger partial charge in [0.25, 0.3) is 0 Å². The van der Waals surface area contributed by atoms with Crippen LogP contribution in [0.2, 0.25) is 0 Å². The lowest BCUT2D eigenvalue weighted by molar-refractivity contribution is -0.137. The fraction of sp³-hybridized carbons (Fsp3) is 0.0714. The van der Waals surface area contributed by atoms with Gasteiger partial charge < -0.3 is 5.11 Å². The van der Waals surface area contributed by atoms with Crippen molar-refractivity contribution in [3.05, 3.63) is 53.3 Å². The van der Waals surface area contributed by atoms with Gasteiger partial charge in [0.15, 0.2) is 0 Å². The standard InChI is InChI=1S/C14H7F4NO/c15-10-3-4-11(13(20)6-10)8-1-2-9(7-19)12(5-8)14(16,17)18/h1-6,20H. The molecule has 102 valence electrons. The Morgan fingerprint density at radius 1 is 1.05 bits per heavy atom. The van der Waals surface area contributed by atoms with Gasteiger partial charge in [0.2, 0.25) is 0 Å². The van der Waals surface area contributed by atoms with Gasteiger partial charge in [-0.2, -0.15) is 18.4 Å². The van der Waals surface area contributed by atoms with Crippen LogP contribution in [-0.4, -0.2) is 5.11 Å². The van der Waals surface area contributed by atoms with E-state index in [1.54, 1.807) is 0 Å². The van der Waals surface area contributed by atoms with Crippen LogP contribution in [0.5, 0.6) is 5.75 Å². The van der Waals surface area contributed by atoms with Crippen molar-refractivity contribution in [2.24, 2.45) is 0 Å². The zero-order valence-corrected chi connectivity index (χ0v) is 9.87. The molecule has 0 amide bonds. The summed E-state index contributed by atoms with van der Waals surface area (Å²) in [6.45, 7) is 0. The number of rotatable bonds is 1. The SMILES string of the molecule is N#Cc1ccc(-c2ccc(F)cc2O)cc1C(F)(F)F. The zero-order chi connectivity index (χ0) is 14.9. The molecule has 0 aliphatic carbocycles. The molecule has 2 aromatic rings. The van der Waals surface area contributed by atoms with Crippen molar-refractivity contribution >= 4 is 0 Å². The molecular formula is C14H7F4NO. The van der Waals surface area contributed by atoms with E-state index in [-0.39, 0.29) is 11.1 Å². The molecule has 0 unspecified atom stereocenters. The Hall–Kier alpha value is -2.55. The molecule has 2 nitrogen and oxygen atoms in total. The molecule has 0 radical (unpaired) electrons. The van der Waals surface area contributed by atoms with Gasteiger partial charge in [-0.25, -0.2) is 4.39 Å². The molecule has 0 heterocycles. The van der Waals surface area contributed by atoms with Crippen LogP contribution in [0.3, 0.4) is 0 Å². The third-order valence-corrected chi connectivity index (χ3v) is 2.72. The van der Waals surface area contributed by atoms with Gasteiger partial charge >= 0.3 is 6.18 Å². The Kier molecular flexibility index (Phi) is 3.36. The summed E-state index contributed by atoms with van der Waals surface area (Å²) in [5, 5.41) is 18.3. The summed E-state index contributed by atoms with van der Waals surface area (Å²) in [5.74, 6) is -1.17. The normalized spacial score (nSPS) is 11.2. The van der Waals surface area contributed by atoms with E-state index in [0.29, 0.717) is 0 Å². The number of benzene rings is 2. The second kappa shape index (κ2) is 4.85. The molecule has 0 atom stereocenters. The number of phenols is 1. The molecule has 0 saturated heterocycles. The fourth-order valence-electron chi connectivity index (χ4n) is 1.79. The number of hydrogen-bond acceptors (Lipinski definition) is 2. The summed E-state index contributed by atoms with van der Waals surface area (Å²) in [6, 6.07) is 7.50. The van der Waals surface area contributed by atoms with Gasteiger partial charge in [0, 0.05) is 11.6 Å². The molecule has 2 aromatic carbocycles. The van der Waals surface area contributed by atoms with Crippen molar-refractivity contribution in [3.63, 3.8) is 0 Å². The minimum atomic E-state index is -4.68. The van der Waals surface area contributed by atoms with Crippen LogP contribution in [0.1, 0.15) is 11.1 Å². The number of hydrogen-bond donors (Lipinski definition) is 1. The molecule has 1 N–H and O–H groups in total. The number of nitrogens with zero attached hydrogens (tertiary/aromatic N) is 1. The Labute approximate surface area is 111 Å². The van der Waals surface area contributed by atoms with Crippen LogP contribution in [0.15, 0.2) is 36.4 Å². The lowest BCUT2D eigenvalue weighted by atomic mass is 9.98. The van der Waals surface area contributed by atoms with Gasteiger partial charge in [-0.15, -0.1) is 0 Å². The topological polar surface area (TPSA) is 44.0 Å². The summed E-state index contributed by atoms with van der Waals surface area (Å²) in [5.41, 5.74) is -1.50. The van der Waals surface area contributed by atoms with Crippen molar-refractivity contribution in [1.29, 1.82) is 5.26 Å². The summed E-state index contributed by atoms with van der Waals surface area (Å²) in [6.07, 6.45) is -4.68. The third kappa shape index (κ3) is 2.57. The summed E-state index contributed by atoms with van der Waals surface area (Å²) in [4.78, 5) is 0. The molecule has 2 rings (SSSR count). The summed E-state index contributed by atoms with van der Waals surface area (Å²) < 4.78 is 51.3. The van der Waals surface area contributed by atoms with E-state index in [9.17, 15) is 22.7 Å². The van der Waals surface area contributed by atoms with Gasteiger partial charge in [0.1, 0.15) is 11.6 Å². The Morgan fingerprint density at radius 3 is 2.30 bits per heavy atom. The van der Waals surface area contributed by atoms with E-state index >= 15 is 0 Å². The van der Waals surface area contributed by atoms with Crippen LogP contribution in [0, 0.1) is 17.1 Å². The predicted molar refractivity (Wildman–Crippen MR) is 63.2 cm³/mol. The zero-order valence-electron chi connectivity index (χ0n) is 9.87. The predicted octanol–water partition coefficient (Wildman–Crippen LogP) is 4.09. The largest absolute Gasteiger partial charge is 0.507 e. The van der Waals surface area contributed by atoms with E-state index in [1.165, 1.54) is 18.2 Å². The van der Waals surface area contributed by atoms with Gasteiger partial charge in [-0.3, -0.25) is 0 Å². The number of alkyl halides is 3. The van der Waals surface area contributed by atoms with Crippen molar-refractivity contribution in [3.8, 4) is 22.9 Å². The smallest absolute Gasteiger partial charge is 0.417 e. The van der Waals surface area contributed by atoms with E-state index in [4.69, 9.17) is 5.26 Å². The molecule has 6 heteroatoms. The first-order valence-electron chi connectivity index (χ1n) is 5.43. The van der Waals surface area contributed by atoms with Crippen LogP contribution in [-0.2, 0) is 6.18 Å². The highest BCUT2D eigenvalue weighted by molar-refractivity contribution is 5.71. The highest BCUT2D eigenvalue weighted by Gasteiger charge is 2.34. The highest BCUT2D eigenvalue weighted by Crippen LogP contribution is 2.37. The van der Waals surface area contributed by atoms with Crippen LogP contribution >= 0.6 is 0 Å². The first-order chi connectivity index (χ1) is 9.32. The fourth-order valence-corrected chi connectivity index (χ4v) is 1.79. The average molecular weight is 281 g/mol. The van der Waals surface area contributed by atoms with Gasteiger partial charge in [-0.05, 0) is 29.8 Å². The number of halogens is 4. The molecule has 0 spiro atoms. The van der Waals surface area contributed by atoms with Crippen molar-refractivity contribution in [2.75, 3.05) is 0 Å². The molecule has 0 aliphatic rings. The van der Waals surface area contributed by atoms with Crippen molar-refractivity contribution < 1.29 is 22.7 Å². The molecule has 0 fully saturated rings. The Morgan fingerprint density at radius 2 is 1.75 bits per heavy atom. The highest BCUT2D eigenvalue weighted by atomic mass is 19.4. The minimum absolute atomic E-state index is 0.0498. The quantitative estimate of drug-likeness (QED) is 0.800. The monoisotopic (exact) mass is 281 g/mol. The van der Waals surface area contributed by atoms with Gasteiger partial charge in [0.05, 0.1) is 17.2 Å². The summed E-state index contributed by atoms with van der Waals surface area (Å²) in [7, 11) is 0. The molecular weight excluding hydrogens is 274 g/mol. The van der Waals surface area contributed by atoms with E-state index in [1.807, 2.05) is 0 Å². The third-order valence-electron chi connectivity index (χ3n) is 2.72. The maximum atomic E-state index is 12.9. The van der Waals surface area contributed by atoms with Gasteiger partial charge in [-0.1, -0.05) is 6.07 Å². The summed E-state index contributed by atoms with van der Waals surface area (Å²) >= 11 is 0. The first kappa shape index (κ1) is 13.9. The average Bonchev–Trinajstić information content (AvgIpc) is 2.37. The van der Waals surface area contributed by atoms with Crippen molar-refractivity contribution in [2.45, 2.75) is 6.18 Å². The lowest BCUT2D eigenvalue weighted by Crippen LogP contribution is -2.07. The van der Waals surface area contributed by atoms with E-state index < -0.39 is 28.9 Å². The number of nitriles is 1. The van der Waals surface area contributed by atoms with E-state index in [0.717, 1.165) is 24.3 Å². The van der Waals surface area contributed by atoms with Crippen LogP contribution in [0.4, 0.5) is 17.6 Å².